The zero-order valence-corrected chi connectivity index (χ0v) is 14.2. The van der Waals surface area contributed by atoms with Gasteiger partial charge in [-0.25, -0.2) is 0 Å². The molecule has 0 saturated carbocycles. The summed E-state index contributed by atoms with van der Waals surface area (Å²) in [6, 6.07) is 10.6. The lowest BCUT2D eigenvalue weighted by molar-refractivity contribution is -0.120. The van der Waals surface area contributed by atoms with Gasteiger partial charge in [0.1, 0.15) is 0 Å². The monoisotopic (exact) mass is 326 g/mol. The van der Waals surface area contributed by atoms with Crippen molar-refractivity contribution in [2.75, 3.05) is 10.6 Å². The molecule has 126 valence electrons. The summed E-state index contributed by atoms with van der Waals surface area (Å²) >= 11 is 0. The van der Waals surface area contributed by atoms with Crippen LogP contribution in [0.1, 0.15) is 44.0 Å². The van der Waals surface area contributed by atoms with E-state index in [0.29, 0.717) is 17.2 Å². The molecule has 1 amide bonds. The van der Waals surface area contributed by atoms with Crippen molar-refractivity contribution in [1.82, 2.24) is 10.2 Å². The van der Waals surface area contributed by atoms with Crippen LogP contribution in [0.25, 0.3) is 0 Å². The smallest absolute Gasteiger partial charge is 0.228 e. The molecular formula is C18H22N4O2. The van der Waals surface area contributed by atoms with E-state index in [4.69, 9.17) is 0 Å². The van der Waals surface area contributed by atoms with Gasteiger partial charge in [-0.15, -0.1) is 10.2 Å². The first-order chi connectivity index (χ1) is 11.5. The number of nitrogens with one attached hydrogen (secondary N) is 2. The number of carbonyl (C=O) groups excluding carboxylic acids is 2. The van der Waals surface area contributed by atoms with Gasteiger partial charge in [-0.3, -0.25) is 9.59 Å². The minimum Gasteiger partial charge on any atom is -0.339 e. The van der Waals surface area contributed by atoms with Crippen molar-refractivity contribution in [2.45, 2.75) is 33.6 Å². The van der Waals surface area contributed by atoms with Crippen LogP contribution in [0.4, 0.5) is 17.3 Å². The van der Waals surface area contributed by atoms with Crippen molar-refractivity contribution in [1.29, 1.82) is 0 Å². The average Bonchev–Trinajstić information content (AvgIpc) is 2.58. The molecule has 0 saturated heterocycles. The van der Waals surface area contributed by atoms with Gasteiger partial charge in [0.05, 0.1) is 0 Å². The maximum absolute atomic E-state index is 12.0. The van der Waals surface area contributed by atoms with Gasteiger partial charge in [0.15, 0.2) is 17.4 Å². The predicted molar refractivity (Wildman–Crippen MR) is 94.5 cm³/mol. The predicted octanol–water partition coefficient (Wildman–Crippen LogP) is 3.80. The molecule has 0 atom stereocenters. The second-order valence-corrected chi connectivity index (χ2v) is 5.57. The van der Waals surface area contributed by atoms with Crippen molar-refractivity contribution >= 4 is 29.0 Å². The zero-order valence-electron chi connectivity index (χ0n) is 14.2. The van der Waals surface area contributed by atoms with Gasteiger partial charge < -0.3 is 10.6 Å². The molecule has 6 nitrogen and oxygen atoms in total. The van der Waals surface area contributed by atoms with Crippen LogP contribution >= 0.6 is 0 Å². The van der Waals surface area contributed by atoms with Gasteiger partial charge in [0, 0.05) is 17.2 Å². The summed E-state index contributed by atoms with van der Waals surface area (Å²) in [6.45, 7) is 5.51. The molecule has 0 spiro atoms. The standard InChI is InChI=1S/C18H22N4O2/c1-4-13(5-2)18(24)20-17-11-10-16(21-22-17)19-15-8-6-14(7-9-15)12(3)23/h6-11,13H,4-5H2,1-3H3,(H,19,21)(H,20,22,24). The molecule has 2 aromatic rings. The minimum atomic E-state index is -0.0326. The third-order valence-corrected chi connectivity index (χ3v) is 3.84. The molecule has 0 bridgehead atoms. The molecule has 0 unspecified atom stereocenters. The number of rotatable bonds is 7. The number of aromatic nitrogens is 2. The van der Waals surface area contributed by atoms with E-state index in [1.165, 1.54) is 6.92 Å². The molecule has 0 fully saturated rings. The van der Waals surface area contributed by atoms with Gasteiger partial charge in [0.2, 0.25) is 5.91 Å². The zero-order chi connectivity index (χ0) is 17.5. The fourth-order valence-corrected chi connectivity index (χ4v) is 2.29. The van der Waals surface area contributed by atoms with E-state index in [2.05, 4.69) is 20.8 Å². The Kier molecular flexibility index (Phi) is 6.01. The Bertz CT molecular complexity index is 692. The van der Waals surface area contributed by atoms with Crippen LogP contribution in [0.3, 0.4) is 0 Å². The van der Waals surface area contributed by atoms with Crippen LogP contribution in [0.5, 0.6) is 0 Å². The molecule has 0 aliphatic carbocycles. The largest absolute Gasteiger partial charge is 0.339 e. The Morgan fingerprint density at radius 3 is 2.04 bits per heavy atom. The number of anilines is 3. The average molecular weight is 326 g/mol. The molecular weight excluding hydrogens is 304 g/mol. The summed E-state index contributed by atoms with van der Waals surface area (Å²) in [6.07, 6.45) is 1.59. The number of carbonyl (C=O) groups is 2. The second-order valence-electron chi connectivity index (χ2n) is 5.57. The molecule has 1 aromatic carbocycles. The molecule has 0 radical (unpaired) electrons. The van der Waals surface area contributed by atoms with Gasteiger partial charge in [-0.05, 0) is 56.2 Å². The quantitative estimate of drug-likeness (QED) is 0.756. The number of hydrogen-bond acceptors (Lipinski definition) is 5. The summed E-state index contributed by atoms with van der Waals surface area (Å²) < 4.78 is 0. The fourth-order valence-electron chi connectivity index (χ4n) is 2.29. The highest BCUT2D eigenvalue weighted by Crippen LogP contribution is 2.17. The first-order valence-corrected chi connectivity index (χ1v) is 8.06. The Morgan fingerprint density at radius 2 is 1.54 bits per heavy atom. The lowest BCUT2D eigenvalue weighted by atomic mass is 10.0. The van der Waals surface area contributed by atoms with Gasteiger partial charge in [-0.1, -0.05) is 13.8 Å². The molecule has 2 N–H and O–H groups in total. The third kappa shape index (κ3) is 4.62. The Hall–Kier alpha value is -2.76. The third-order valence-electron chi connectivity index (χ3n) is 3.84. The van der Waals surface area contributed by atoms with E-state index in [-0.39, 0.29) is 17.6 Å². The van der Waals surface area contributed by atoms with E-state index in [0.717, 1.165) is 18.5 Å². The van der Waals surface area contributed by atoms with Crippen LogP contribution < -0.4 is 10.6 Å². The van der Waals surface area contributed by atoms with Crippen LogP contribution in [0.15, 0.2) is 36.4 Å². The number of Topliss-reactive ketones (excluding diaryl/α,β-unsaturated/α-hetero) is 1. The second kappa shape index (κ2) is 8.19. The highest BCUT2D eigenvalue weighted by molar-refractivity contribution is 5.94. The number of ketones is 1. The molecule has 1 aromatic heterocycles. The summed E-state index contributed by atoms with van der Waals surface area (Å²) in [5.74, 6) is 0.980. The normalized spacial score (nSPS) is 10.5. The summed E-state index contributed by atoms with van der Waals surface area (Å²) in [4.78, 5) is 23.3. The highest BCUT2D eigenvalue weighted by atomic mass is 16.2. The van der Waals surface area contributed by atoms with E-state index in [9.17, 15) is 9.59 Å². The van der Waals surface area contributed by atoms with Crippen molar-refractivity contribution in [3.63, 3.8) is 0 Å². The van der Waals surface area contributed by atoms with Crippen LogP contribution in [0, 0.1) is 5.92 Å². The number of benzene rings is 1. The summed E-state index contributed by atoms with van der Waals surface area (Å²) in [7, 11) is 0. The van der Waals surface area contributed by atoms with Crippen LogP contribution in [-0.4, -0.2) is 21.9 Å². The fraction of sp³-hybridized carbons (Fsp3) is 0.333. The van der Waals surface area contributed by atoms with Crippen molar-refractivity contribution in [3.05, 3.63) is 42.0 Å². The minimum absolute atomic E-state index is 0.00982. The maximum Gasteiger partial charge on any atom is 0.228 e. The lowest BCUT2D eigenvalue weighted by Crippen LogP contribution is -2.22. The van der Waals surface area contributed by atoms with E-state index < -0.39 is 0 Å². The van der Waals surface area contributed by atoms with Crippen molar-refractivity contribution in [3.8, 4) is 0 Å². The SMILES string of the molecule is CCC(CC)C(=O)Nc1ccc(Nc2ccc(C(C)=O)cc2)nn1. The molecule has 24 heavy (non-hydrogen) atoms. The molecule has 1 heterocycles. The van der Waals surface area contributed by atoms with Gasteiger partial charge in [0.25, 0.3) is 0 Å². The Labute approximate surface area is 141 Å². The number of nitrogens with zero attached hydrogens (tertiary/aromatic N) is 2. The first kappa shape index (κ1) is 17.6. The van der Waals surface area contributed by atoms with Crippen molar-refractivity contribution < 1.29 is 9.59 Å². The first-order valence-electron chi connectivity index (χ1n) is 8.06. The molecule has 6 heteroatoms. The maximum atomic E-state index is 12.0. The Balaban J connectivity index is 1.99. The van der Waals surface area contributed by atoms with E-state index in [1.54, 1.807) is 36.4 Å². The molecule has 0 aliphatic rings. The van der Waals surface area contributed by atoms with E-state index >= 15 is 0 Å². The number of hydrogen-bond donors (Lipinski definition) is 2. The Morgan fingerprint density at radius 1 is 0.958 bits per heavy atom. The van der Waals surface area contributed by atoms with Crippen molar-refractivity contribution in [2.24, 2.45) is 5.92 Å². The molecule has 0 aliphatic heterocycles. The summed E-state index contributed by atoms with van der Waals surface area (Å²) in [5.41, 5.74) is 1.47. The van der Waals surface area contributed by atoms with Crippen LogP contribution in [0.2, 0.25) is 0 Å². The number of amides is 1. The molecule has 2 rings (SSSR count). The topological polar surface area (TPSA) is 84.0 Å². The van der Waals surface area contributed by atoms with Gasteiger partial charge in [-0.2, -0.15) is 0 Å². The van der Waals surface area contributed by atoms with Crippen LogP contribution in [-0.2, 0) is 4.79 Å². The summed E-state index contributed by atoms with van der Waals surface area (Å²) in [5, 5.41) is 13.9. The van der Waals surface area contributed by atoms with E-state index in [1.807, 2.05) is 13.8 Å². The lowest BCUT2D eigenvalue weighted by Gasteiger charge is -2.12. The van der Waals surface area contributed by atoms with Gasteiger partial charge >= 0.3 is 0 Å². The highest BCUT2D eigenvalue weighted by Gasteiger charge is 2.14.